The predicted octanol–water partition coefficient (Wildman–Crippen LogP) is 3.94. The number of carbonyl (C=O) groups excluding carboxylic acids is 2. The first-order valence-corrected chi connectivity index (χ1v) is 12.6. The lowest BCUT2D eigenvalue weighted by Crippen LogP contribution is -2.45. The van der Waals surface area contributed by atoms with E-state index in [1.807, 2.05) is 30.3 Å². The van der Waals surface area contributed by atoms with Crippen molar-refractivity contribution >= 4 is 38.8 Å². The Morgan fingerprint density at radius 3 is 2.41 bits per heavy atom. The van der Waals surface area contributed by atoms with Crippen LogP contribution in [0.3, 0.4) is 0 Å². The van der Waals surface area contributed by atoms with E-state index in [4.69, 9.17) is 17.3 Å². The number of sulfone groups is 1. The van der Waals surface area contributed by atoms with Crippen molar-refractivity contribution < 1.29 is 22.4 Å². The maximum atomic E-state index is 15.0. The summed E-state index contributed by atoms with van der Waals surface area (Å²) in [5, 5.41) is 0.499. The normalized spacial score (nSPS) is 17.2. The third kappa shape index (κ3) is 5.04. The summed E-state index contributed by atoms with van der Waals surface area (Å²) < 4.78 is 40.8. The molecule has 0 saturated heterocycles. The predicted molar refractivity (Wildman–Crippen MR) is 128 cm³/mol. The maximum absolute atomic E-state index is 15.0. The molecule has 0 bridgehead atoms. The topological polar surface area (TPSA) is 97.5 Å². The Balaban J connectivity index is 1.75. The summed E-state index contributed by atoms with van der Waals surface area (Å²) in [6.07, 6.45) is 0.421. The van der Waals surface area contributed by atoms with Crippen molar-refractivity contribution in [1.29, 1.82) is 0 Å². The SMILES string of the molecule is N[C@H]1CS(=O)(=O)c2cc(F)c(C(=O)CCc3ccccc3)cc2N(Cc2ccc(Cl)cc2)C1=O. The van der Waals surface area contributed by atoms with Crippen LogP contribution in [0.1, 0.15) is 27.9 Å². The van der Waals surface area contributed by atoms with Gasteiger partial charge in [0.1, 0.15) is 5.82 Å². The summed E-state index contributed by atoms with van der Waals surface area (Å²) in [5.41, 5.74) is 7.15. The van der Waals surface area contributed by atoms with E-state index >= 15 is 0 Å². The summed E-state index contributed by atoms with van der Waals surface area (Å²) in [5.74, 6) is -2.73. The smallest absolute Gasteiger partial charge is 0.245 e. The molecule has 6 nitrogen and oxygen atoms in total. The van der Waals surface area contributed by atoms with Crippen molar-refractivity contribution in [3.63, 3.8) is 0 Å². The van der Waals surface area contributed by atoms with Crippen LogP contribution in [0, 0.1) is 5.82 Å². The number of anilines is 1. The van der Waals surface area contributed by atoms with E-state index in [-0.39, 0.29) is 29.1 Å². The lowest BCUT2D eigenvalue weighted by Gasteiger charge is -2.25. The van der Waals surface area contributed by atoms with Crippen molar-refractivity contribution in [3.8, 4) is 0 Å². The Hall–Kier alpha value is -3.07. The molecule has 1 aliphatic heterocycles. The van der Waals surface area contributed by atoms with Gasteiger partial charge in [0, 0.05) is 11.4 Å². The molecule has 4 rings (SSSR count). The fourth-order valence-corrected chi connectivity index (χ4v) is 5.60. The van der Waals surface area contributed by atoms with E-state index < -0.39 is 39.1 Å². The first kappa shape index (κ1) is 24.1. The van der Waals surface area contributed by atoms with Crippen molar-refractivity contribution in [2.24, 2.45) is 5.73 Å². The second-order valence-electron chi connectivity index (χ2n) is 8.15. The molecule has 3 aromatic rings. The van der Waals surface area contributed by atoms with E-state index in [9.17, 15) is 22.4 Å². The van der Waals surface area contributed by atoms with E-state index in [1.54, 1.807) is 24.3 Å². The van der Waals surface area contributed by atoms with Gasteiger partial charge in [-0.05, 0) is 41.8 Å². The molecule has 1 atom stereocenters. The van der Waals surface area contributed by atoms with Crippen molar-refractivity contribution in [3.05, 3.63) is 94.3 Å². The number of aryl methyl sites for hydroxylation is 1. The van der Waals surface area contributed by atoms with Gasteiger partial charge < -0.3 is 10.6 Å². The molecule has 1 amide bonds. The average Bonchev–Trinajstić information content (AvgIpc) is 2.87. The number of carbonyl (C=O) groups is 2. The van der Waals surface area contributed by atoms with Gasteiger partial charge >= 0.3 is 0 Å². The van der Waals surface area contributed by atoms with Gasteiger partial charge in [0.15, 0.2) is 15.6 Å². The van der Waals surface area contributed by atoms with E-state index in [0.29, 0.717) is 17.0 Å². The Morgan fingerprint density at radius 1 is 1.06 bits per heavy atom. The third-order valence-electron chi connectivity index (χ3n) is 5.69. The molecule has 3 aromatic carbocycles. The Kier molecular flexibility index (Phi) is 6.84. The standard InChI is InChI=1S/C25H22ClFN2O4S/c26-18-9-6-17(7-10-18)14-29-22-12-19(23(30)11-8-16-4-2-1-3-5-16)20(27)13-24(22)34(32,33)15-21(28)25(29)31/h1-7,9-10,12-13,21H,8,11,14-15,28H2/t21-/m0/s1. The highest BCUT2D eigenvalue weighted by atomic mass is 35.5. The second kappa shape index (κ2) is 9.66. The summed E-state index contributed by atoms with van der Waals surface area (Å²) in [4.78, 5) is 26.8. The number of rotatable bonds is 6. The number of fused-ring (bicyclic) bond motifs is 1. The van der Waals surface area contributed by atoms with E-state index in [0.717, 1.165) is 17.7 Å². The van der Waals surface area contributed by atoms with Crippen LogP contribution in [0.2, 0.25) is 5.02 Å². The summed E-state index contributed by atoms with van der Waals surface area (Å²) in [7, 11) is -4.07. The number of benzene rings is 3. The van der Waals surface area contributed by atoms with Gasteiger partial charge in [-0.15, -0.1) is 0 Å². The van der Waals surface area contributed by atoms with Gasteiger partial charge in [0.2, 0.25) is 5.91 Å². The first-order chi connectivity index (χ1) is 16.2. The summed E-state index contributed by atoms with van der Waals surface area (Å²) in [6, 6.07) is 16.6. The number of hydrogen-bond acceptors (Lipinski definition) is 5. The Labute approximate surface area is 202 Å². The van der Waals surface area contributed by atoms with Gasteiger partial charge in [-0.25, -0.2) is 12.8 Å². The Bertz CT molecular complexity index is 1350. The van der Waals surface area contributed by atoms with Gasteiger partial charge in [-0.1, -0.05) is 54.1 Å². The lowest BCUT2D eigenvalue weighted by molar-refractivity contribution is -0.119. The summed E-state index contributed by atoms with van der Waals surface area (Å²) >= 11 is 5.94. The van der Waals surface area contributed by atoms with Crippen LogP contribution in [0.25, 0.3) is 0 Å². The number of Topliss-reactive ketones (excluding diaryl/α,β-unsaturated/α-hetero) is 1. The highest BCUT2D eigenvalue weighted by Crippen LogP contribution is 2.34. The third-order valence-corrected chi connectivity index (χ3v) is 7.74. The second-order valence-corrected chi connectivity index (χ2v) is 10.6. The molecule has 0 aliphatic carbocycles. The largest absolute Gasteiger partial charge is 0.319 e. The maximum Gasteiger partial charge on any atom is 0.245 e. The zero-order valence-corrected chi connectivity index (χ0v) is 19.7. The molecule has 176 valence electrons. The molecular weight excluding hydrogens is 479 g/mol. The quantitative estimate of drug-likeness (QED) is 0.517. The molecule has 1 heterocycles. The zero-order chi connectivity index (χ0) is 24.5. The number of nitrogens with two attached hydrogens (primary N) is 1. The van der Waals surface area contributed by atoms with Gasteiger partial charge in [-0.2, -0.15) is 0 Å². The van der Waals surface area contributed by atoms with Crippen LogP contribution in [0.4, 0.5) is 10.1 Å². The molecule has 0 saturated carbocycles. The molecule has 2 N–H and O–H groups in total. The highest BCUT2D eigenvalue weighted by Gasteiger charge is 2.37. The minimum absolute atomic E-state index is 0.0184. The fraction of sp³-hybridized carbons (Fsp3) is 0.200. The van der Waals surface area contributed by atoms with Crippen molar-refractivity contribution in [1.82, 2.24) is 0 Å². The minimum Gasteiger partial charge on any atom is -0.319 e. The molecule has 0 unspecified atom stereocenters. The van der Waals surface area contributed by atoms with Crippen molar-refractivity contribution in [2.75, 3.05) is 10.7 Å². The van der Waals surface area contributed by atoms with Crippen LogP contribution in [-0.2, 0) is 27.6 Å². The fourth-order valence-electron chi connectivity index (χ4n) is 3.91. The number of ketones is 1. The van der Waals surface area contributed by atoms with Gasteiger partial charge in [0.05, 0.1) is 34.5 Å². The molecule has 0 aromatic heterocycles. The molecule has 0 fully saturated rings. The van der Waals surface area contributed by atoms with Gasteiger partial charge in [-0.3, -0.25) is 9.59 Å². The van der Waals surface area contributed by atoms with Crippen molar-refractivity contribution in [2.45, 2.75) is 30.3 Å². The van der Waals surface area contributed by atoms with Crippen LogP contribution < -0.4 is 10.6 Å². The molecular formula is C25H22ClFN2O4S. The summed E-state index contributed by atoms with van der Waals surface area (Å²) in [6.45, 7) is -0.0184. The molecule has 0 radical (unpaired) electrons. The van der Waals surface area contributed by atoms with Crippen LogP contribution in [0.5, 0.6) is 0 Å². The number of amides is 1. The van der Waals surface area contributed by atoms with E-state index in [2.05, 4.69) is 0 Å². The van der Waals surface area contributed by atoms with Gasteiger partial charge in [0.25, 0.3) is 0 Å². The highest BCUT2D eigenvalue weighted by molar-refractivity contribution is 7.91. The average molecular weight is 501 g/mol. The molecule has 0 spiro atoms. The van der Waals surface area contributed by atoms with Crippen LogP contribution >= 0.6 is 11.6 Å². The lowest BCUT2D eigenvalue weighted by atomic mass is 10.0. The Morgan fingerprint density at radius 2 is 1.74 bits per heavy atom. The number of halogens is 2. The zero-order valence-electron chi connectivity index (χ0n) is 18.1. The number of nitrogens with zero attached hydrogens (tertiary/aromatic N) is 1. The molecule has 34 heavy (non-hydrogen) atoms. The number of hydrogen-bond donors (Lipinski definition) is 1. The minimum atomic E-state index is -4.07. The van der Waals surface area contributed by atoms with Crippen LogP contribution in [-0.4, -0.2) is 31.9 Å². The molecule has 1 aliphatic rings. The van der Waals surface area contributed by atoms with E-state index in [1.165, 1.54) is 4.90 Å². The van der Waals surface area contributed by atoms with Crippen LogP contribution in [0.15, 0.2) is 71.6 Å². The molecule has 9 heteroatoms. The first-order valence-electron chi connectivity index (χ1n) is 10.6. The monoisotopic (exact) mass is 500 g/mol.